The number of fused-ring (bicyclic) bond motifs is 1. The summed E-state index contributed by atoms with van der Waals surface area (Å²) in [6, 6.07) is 10.1. The van der Waals surface area contributed by atoms with Gasteiger partial charge in [-0.05, 0) is 29.2 Å². The molecule has 0 unspecified atom stereocenters. The van der Waals surface area contributed by atoms with Crippen LogP contribution in [0.5, 0.6) is 0 Å². The molecule has 8 nitrogen and oxygen atoms in total. The van der Waals surface area contributed by atoms with E-state index in [1.807, 2.05) is 0 Å². The molecule has 170 valence electrons. The summed E-state index contributed by atoms with van der Waals surface area (Å²) in [5.74, 6) is -4.13. The molecule has 0 saturated carbocycles. The minimum absolute atomic E-state index is 0.152. The number of aliphatic carboxylic acids is 1. The van der Waals surface area contributed by atoms with E-state index in [0.717, 1.165) is 6.07 Å². The van der Waals surface area contributed by atoms with E-state index in [2.05, 4.69) is 20.3 Å². The van der Waals surface area contributed by atoms with E-state index in [9.17, 15) is 26.7 Å². The number of carboxylic acid groups (broad SMARTS) is 1. The summed E-state index contributed by atoms with van der Waals surface area (Å²) in [6.07, 6.45) is -0.434. The number of alkyl halides is 3. The van der Waals surface area contributed by atoms with Crippen molar-refractivity contribution in [1.29, 1.82) is 0 Å². The average Bonchev–Trinajstić information content (AvgIpc) is 3.14. The number of nitrogens with zero attached hydrogens (tertiary/aromatic N) is 2. The van der Waals surface area contributed by atoms with Gasteiger partial charge < -0.3 is 9.90 Å². The highest BCUT2D eigenvalue weighted by Crippen LogP contribution is 2.22. The van der Waals surface area contributed by atoms with Gasteiger partial charge >= 0.3 is 12.1 Å². The van der Waals surface area contributed by atoms with Gasteiger partial charge in [-0.3, -0.25) is 15.1 Å². The van der Waals surface area contributed by atoms with E-state index >= 15 is 0 Å². The van der Waals surface area contributed by atoms with Crippen molar-refractivity contribution >= 4 is 23.2 Å². The number of aromatic amines is 2. The van der Waals surface area contributed by atoms with Gasteiger partial charge in [-0.1, -0.05) is 6.07 Å². The zero-order valence-corrected chi connectivity index (χ0v) is 16.3. The number of pyridine rings is 1. The molecule has 0 saturated heterocycles. The lowest BCUT2D eigenvalue weighted by molar-refractivity contribution is -0.498. The number of hydrogen-bond donors (Lipinski definition) is 2. The number of benzene rings is 1. The maximum atomic E-state index is 14.2. The Bertz CT molecular complexity index is 1310. The quantitative estimate of drug-likeness (QED) is 0.351. The van der Waals surface area contributed by atoms with Crippen LogP contribution in [-0.2, 0) is 4.79 Å². The molecule has 1 aromatic carbocycles. The molecule has 4 aromatic rings. The van der Waals surface area contributed by atoms with Crippen molar-refractivity contribution in [2.75, 3.05) is 5.32 Å². The molecule has 33 heavy (non-hydrogen) atoms. The molecule has 3 aromatic heterocycles. The Balaban J connectivity index is 0.000000383. The number of anilines is 1. The molecule has 0 bridgehead atoms. The lowest BCUT2D eigenvalue weighted by atomic mass is 10.2. The third-order valence-corrected chi connectivity index (χ3v) is 4.10. The van der Waals surface area contributed by atoms with E-state index in [1.54, 1.807) is 41.1 Å². The van der Waals surface area contributed by atoms with Gasteiger partial charge in [-0.25, -0.2) is 13.8 Å². The standard InChI is InChI=1S/C18H11F2N5O.C2HF3O2/c19-11-4-5-12(13(20)9-11)17-24-16(14-3-1-2-8-25(14)17)18(26)23-15-6-7-21-10-22-15;3-2(4,5)1(6)7/h1-10H,(H,21,22,23,26);(H,6,7)/p+1. The minimum Gasteiger partial charge on any atom is -0.542 e. The van der Waals surface area contributed by atoms with Crippen LogP contribution in [0.2, 0.25) is 0 Å². The van der Waals surface area contributed by atoms with Gasteiger partial charge in [0.2, 0.25) is 5.69 Å². The van der Waals surface area contributed by atoms with Crippen LogP contribution >= 0.6 is 0 Å². The fraction of sp³-hybridized carbons (Fsp3) is 0.0500. The number of halogens is 5. The van der Waals surface area contributed by atoms with Crippen LogP contribution in [0.3, 0.4) is 0 Å². The predicted octanol–water partition coefficient (Wildman–Crippen LogP) is 1.46. The summed E-state index contributed by atoms with van der Waals surface area (Å²) in [5, 5.41) is 11.5. The van der Waals surface area contributed by atoms with E-state index in [4.69, 9.17) is 9.90 Å². The molecule has 3 N–H and O–H groups in total. The molecule has 4 rings (SSSR count). The first-order chi connectivity index (χ1) is 15.6. The summed E-state index contributed by atoms with van der Waals surface area (Å²) < 4.78 is 60.6. The van der Waals surface area contributed by atoms with Gasteiger partial charge in [0.15, 0.2) is 5.52 Å². The first-order valence-corrected chi connectivity index (χ1v) is 8.97. The largest absolute Gasteiger partial charge is 0.542 e. The first-order valence-electron chi connectivity index (χ1n) is 8.97. The maximum absolute atomic E-state index is 14.2. The van der Waals surface area contributed by atoms with E-state index < -0.39 is 29.7 Å². The summed E-state index contributed by atoms with van der Waals surface area (Å²) in [7, 11) is 0. The van der Waals surface area contributed by atoms with E-state index in [-0.39, 0.29) is 11.3 Å². The number of aromatic nitrogens is 4. The maximum Gasteiger partial charge on any atom is 0.430 e. The van der Waals surface area contributed by atoms with Crippen molar-refractivity contribution in [1.82, 2.24) is 9.97 Å². The second-order valence-electron chi connectivity index (χ2n) is 6.31. The summed E-state index contributed by atoms with van der Waals surface area (Å²) in [6.45, 7) is 0. The van der Waals surface area contributed by atoms with Crippen LogP contribution in [0, 0.1) is 11.6 Å². The molecular formula is C20H13F5N5O3+. The third-order valence-electron chi connectivity index (χ3n) is 4.10. The Hall–Kier alpha value is -4.42. The molecule has 0 spiro atoms. The number of carboxylic acids is 1. The van der Waals surface area contributed by atoms with Crippen LogP contribution < -0.4 is 19.8 Å². The van der Waals surface area contributed by atoms with Crippen LogP contribution in [0.1, 0.15) is 10.5 Å². The van der Waals surface area contributed by atoms with Gasteiger partial charge in [-0.2, -0.15) is 17.6 Å². The van der Waals surface area contributed by atoms with Gasteiger partial charge in [0.25, 0.3) is 18.0 Å². The molecule has 0 aliphatic carbocycles. The number of H-pyrrole nitrogens is 2. The molecule has 0 atom stereocenters. The van der Waals surface area contributed by atoms with Crippen molar-refractivity contribution in [3.63, 3.8) is 0 Å². The highest BCUT2D eigenvalue weighted by molar-refractivity contribution is 6.06. The molecule has 0 aliphatic heterocycles. The smallest absolute Gasteiger partial charge is 0.430 e. The second kappa shape index (κ2) is 9.38. The summed E-state index contributed by atoms with van der Waals surface area (Å²) in [4.78, 5) is 31.1. The van der Waals surface area contributed by atoms with Crippen molar-refractivity contribution in [2.24, 2.45) is 0 Å². The van der Waals surface area contributed by atoms with Crippen LogP contribution in [-0.4, -0.2) is 28.0 Å². The number of hydrogen-bond acceptors (Lipinski definition) is 4. The molecule has 1 amide bonds. The third kappa shape index (κ3) is 5.44. The Morgan fingerprint density at radius 1 is 1.12 bits per heavy atom. The van der Waals surface area contributed by atoms with Crippen molar-refractivity contribution in [3.05, 3.63) is 78.5 Å². The van der Waals surface area contributed by atoms with Gasteiger partial charge in [0.1, 0.15) is 23.2 Å². The predicted molar refractivity (Wildman–Crippen MR) is 99.1 cm³/mol. The number of amides is 1. The average molecular weight is 466 g/mol. The Morgan fingerprint density at radius 2 is 1.85 bits per heavy atom. The lowest BCUT2D eigenvalue weighted by Crippen LogP contribution is -2.37. The van der Waals surface area contributed by atoms with Crippen molar-refractivity contribution in [3.8, 4) is 11.4 Å². The molecule has 0 radical (unpaired) electrons. The highest BCUT2D eigenvalue weighted by atomic mass is 19.4. The zero-order chi connectivity index (χ0) is 24.2. The topological polar surface area (TPSA) is 116 Å². The number of carbonyl (C=O) groups excluding carboxylic acids is 2. The van der Waals surface area contributed by atoms with Crippen LogP contribution in [0.4, 0.5) is 27.8 Å². The number of rotatable bonds is 3. The molecular weight excluding hydrogens is 453 g/mol. The fourth-order valence-electron chi connectivity index (χ4n) is 2.71. The summed E-state index contributed by atoms with van der Waals surface area (Å²) >= 11 is 0. The van der Waals surface area contributed by atoms with E-state index in [1.165, 1.54) is 18.5 Å². The van der Waals surface area contributed by atoms with Gasteiger partial charge in [-0.15, -0.1) is 0 Å². The molecule has 0 aliphatic rings. The zero-order valence-electron chi connectivity index (χ0n) is 16.3. The first kappa shape index (κ1) is 23.2. The molecule has 3 heterocycles. The Kier molecular flexibility index (Phi) is 6.61. The van der Waals surface area contributed by atoms with Crippen LogP contribution in [0.15, 0.2) is 61.2 Å². The van der Waals surface area contributed by atoms with Gasteiger partial charge in [0, 0.05) is 12.1 Å². The number of carbonyl (C=O) groups is 2. The molecule has 13 heteroatoms. The summed E-state index contributed by atoms with van der Waals surface area (Å²) in [5.41, 5.74) is 0.935. The Labute approximate surface area is 181 Å². The fourth-order valence-corrected chi connectivity index (χ4v) is 2.71. The normalized spacial score (nSPS) is 10.9. The Morgan fingerprint density at radius 3 is 2.45 bits per heavy atom. The van der Waals surface area contributed by atoms with Crippen LogP contribution in [0.25, 0.3) is 16.9 Å². The van der Waals surface area contributed by atoms with Crippen molar-refractivity contribution < 1.29 is 46.0 Å². The molecule has 0 fully saturated rings. The minimum atomic E-state index is -5.19. The number of nitrogens with one attached hydrogen (secondary N) is 3. The number of imidazole rings is 1. The lowest BCUT2D eigenvalue weighted by Gasteiger charge is -2.03. The van der Waals surface area contributed by atoms with E-state index in [0.29, 0.717) is 17.2 Å². The monoisotopic (exact) mass is 466 g/mol. The highest BCUT2D eigenvalue weighted by Gasteiger charge is 2.29. The second-order valence-corrected chi connectivity index (χ2v) is 6.31. The van der Waals surface area contributed by atoms with Crippen molar-refractivity contribution in [2.45, 2.75) is 6.18 Å². The van der Waals surface area contributed by atoms with Gasteiger partial charge in [0.05, 0.1) is 12.4 Å². The SMILES string of the molecule is O=C(Nc1cc[nH+]cn1)c1[nH]c(-c2ccc(F)cc2F)[n+]2ccccc12.O=C([O-])C(F)(F)F.